The van der Waals surface area contributed by atoms with Crippen molar-refractivity contribution < 1.29 is 13.2 Å². The fourth-order valence-electron chi connectivity index (χ4n) is 2.44. The van der Waals surface area contributed by atoms with Gasteiger partial charge in [0.15, 0.2) is 5.78 Å². The van der Waals surface area contributed by atoms with E-state index in [0.717, 1.165) is 0 Å². The summed E-state index contributed by atoms with van der Waals surface area (Å²) >= 11 is 6.03. The molecule has 1 heterocycles. The number of nitrogens with one attached hydrogen (secondary N) is 1. The van der Waals surface area contributed by atoms with Crippen LogP contribution >= 0.6 is 11.6 Å². The molecule has 0 aliphatic rings. The third-order valence-corrected chi connectivity index (χ3v) is 5.30. The SMILES string of the molecule is Cc1cc(C(=O)c2cc(Cl)ccc2NS(=O)(=O)c2ccccc2)ccn1. The molecule has 3 aromatic rings. The summed E-state index contributed by atoms with van der Waals surface area (Å²) in [5.74, 6) is -0.344. The van der Waals surface area contributed by atoms with Crippen molar-refractivity contribution in [3.8, 4) is 0 Å². The lowest BCUT2D eigenvalue weighted by atomic mass is 10.0. The molecule has 0 saturated heterocycles. The summed E-state index contributed by atoms with van der Waals surface area (Å²) in [6.45, 7) is 1.77. The van der Waals surface area contributed by atoms with Crippen LogP contribution < -0.4 is 4.72 Å². The van der Waals surface area contributed by atoms with Gasteiger partial charge in [0.25, 0.3) is 10.0 Å². The van der Waals surface area contributed by atoms with Gasteiger partial charge in [-0.15, -0.1) is 0 Å². The zero-order chi connectivity index (χ0) is 18.7. The van der Waals surface area contributed by atoms with Crippen molar-refractivity contribution in [3.63, 3.8) is 0 Å². The molecule has 7 heteroatoms. The van der Waals surface area contributed by atoms with Gasteiger partial charge in [-0.1, -0.05) is 29.8 Å². The van der Waals surface area contributed by atoms with Gasteiger partial charge in [-0.25, -0.2) is 8.42 Å². The van der Waals surface area contributed by atoms with Crippen molar-refractivity contribution in [2.45, 2.75) is 11.8 Å². The van der Waals surface area contributed by atoms with E-state index >= 15 is 0 Å². The van der Waals surface area contributed by atoms with E-state index in [9.17, 15) is 13.2 Å². The molecule has 0 aliphatic heterocycles. The summed E-state index contributed by atoms with van der Waals surface area (Å²) in [4.78, 5) is 17.0. The Hall–Kier alpha value is -2.70. The van der Waals surface area contributed by atoms with Crippen molar-refractivity contribution in [2.75, 3.05) is 4.72 Å². The molecule has 0 unspecified atom stereocenters. The quantitative estimate of drug-likeness (QED) is 0.670. The van der Waals surface area contributed by atoms with E-state index in [2.05, 4.69) is 9.71 Å². The number of aryl methyl sites for hydroxylation is 1. The Bertz CT molecular complexity index is 1070. The number of hydrogen-bond acceptors (Lipinski definition) is 4. The number of rotatable bonds is 5. The van der Waals surface area contributed by atoms with Crippen LogP contribution in [0.3, 0.4) is 0 Å². The minimum Gasteiger partial charge on any atom is -0.289 e. The van der Waals surface area contributed by atoms with Crippen LogP contribution in [0.5, 0.6) is 0 Å². The second kappa shape index (κ2) is 7.27. The summed E-state index contributed by atoms with van der Waals surface area (Å²) < 4.78 is 27.6. The Morgan fingerprint density at radius 1 is 1.04 bits per heavy atom. The molecule has 0 radical (unpaired) electrons. The number of carbonyl (C=O) groups is 1. The van der Waals surface area contributed by atoms with Gasteiger partial charge in [0, 0.05) is 28.0 Å². The fraction of sp³-hybridized carbons (Fsp3) is 0.0526. The van der Waals surface area contributed by atoms with Crippen molar-refractivity contribution in [1.82, 2.24) is 4.98 Å². The van der Waals surface area contributed by atoms with Crippen molar-refractivity contribution in [1.29, 1.82) is 0 Å². The van der Waals surface area contributed by atoms with Crippen LogP contribution in [0.25, 0.3) is 0 Å². The average Bonchev–Trinajstić information content (AvgIpc) is 2.63. The van der Waals surface area contributed by atoms with Gasteiger partial charge in [-0.3, -0.25) is 14.5 Å². The maximum absolute atomic E-state index is 12.9. The number of halogens is 1. The van der Waals surface area contributed by atoms with Crippen LogP contribution in [0.15, 0.2) is 71.8 Å². The molecule has 0 amide bonds. The molecule has 0 bridgehead atoms. The van der Waals surface area contributed by atoms with Crippen molar-refractivity contribution in [3.05, 3.63) is 88.7 Å². The largest absolute Gasteiger partial charge is 0.289 e. The number of sulfonamides is 1. The molecular weight excluding hydrogens is 372 g/mol. The van der Waals surface area contributed by atoms with Crippen molar-refractivity contribution >= 4 is 33.1 Å². The molecule has 0 spiro atoms. The van der Waals surface area contributed by atoms with E-state index in [-0.39, 0.29) is 21.9 Å². The maximum atomic E-state index is 12.9. The Morgan fingerprint density at radius 2 is 1.77 bits per heavy atom. The number of aromatic nitrogens is 1. The molecular formula is C19H15ClN2O3S. The molecule has 1 N–H and O–H groups in total. The molecule has 26 heavy (non-hydrogen) atoms. The predicted octanol–water partition coefficient (Wildman–Crippen LogP) is 4.08. The molecule has 0 fully saturated rings. The molecule has 2 aromatic carbocycles. The standard InChI is InChI=1S/C19H15ClN2O3S/c1-13-11-14(9-10-21-13)19(23)17-12-15(20)7-8-18(17)22-26(24,25)16-5-3-2-4-6-16/h2-12,22H,1H3. The smallest absolute Gasteiger partial charge is 0.261 e. The van der Waals surface area contributed by atoms with Gasteiger partial charge in [-0.05, 0) is 49.4 Å². The maximum Gasteiger partial charge on any atom is 0.261 e. The zero-order valence-electron chi connectivity index (χ0n) is 13.8. The molecule has 0 aliphatic carbocycles. The van der Waals surface area contributed by atoms with Crippen LogP contribution in [0.1, 0.15) is 21.6 Å². The van der Waals surface area contributed by atoms with E-state index in [4.69, 9.17) is 11.6 Å². The highest BCUT2D eigenvalue weighted by atomic mass is 35.5. The van der Waals surface area contributed by atoms with E-state index in [0.29, 0.717) is 16.3 Å². The molecule has 5 nitrogen and oxygen atoms in total. The summed E-state index contributed by atoms with van der Waals surface area (Å²) in [6.07, 6.45) is 1.53. The van der Waals surface area contributed by atoms with Crippen molar-refractivity contribution in [2.24, 2.45) is 0 Å². The van der Waals surface area contributed by atoms with E-state index < -0.39 is 10.0 Å². The van der Waals surface area contributed by atoms with Crippen LogP contribution in [0.2, 0.25) is 5.02 Å². The molecule has 0 atom stereocenters. The lowest BCUT2D eigenvalue weighted by Gasteiger charge is -2.13. The summed E-state index contributed by atoms with van der Waals surface area (Å²) in [7, 11) is -3.83. The van der Waals surface area contributed by atoms with E-state index in [1.165, 1.54) is 36.5 Å². The number of pyridine rings is 1. The zero-order valence-corrected chi connectivity index (χ0v) is 15.4. The van der Waals surface area contributed by atoms with Crippen LogP contribution in [-0.4, -0.2) is 19.2 Å². The summed E-state index contributed by atoms with van der Waals surface area (Å²) in [5, 5.41) is 0.335. The summed E-state index contributed by atoms with van der Waals surface area (Å²) in [5.41, 5.74) is 1.42. The highest BCUT2D eigenvalue weighted by Gasteiger charge is 2.20. The van der Waals surface area contributed by atoms with Gasteiger partial charge in [0.05, 0.1) is 10.6 Å². The number of carbonyl (C=O) groups excluding carboxylic acids is 1. The molecule has 1 aromatic heterocycles. The van der Waals surface area contributed by atoms with Gasteiger partial charge in [-0.2, -0.15) is 0 Å². The molecule has 0 saturated carbocycles. The second-order valence-corrected chi connectivity index (χ2v) is 7.74. The number of ketones is 1. The highest BCUT2D eigenvalue weighted by molar-refractivity contribution is 7.92. The molecule has 132 valence electrons. The predicted molar refractivity (Wildman–Crippen MR) is 101 cm³/mol. The minimum absolute atomic E-state index is 0.105. The first-order valence-electron chi connectivity index (χ1n) is 7.71. The second-order valence-electron chi connectivity index (χ2n) is 5.62. The van der Waals surface area contributed by atoms with E-state index in [1.54, 1.807) is 37.3 Å². The third-order valence-electron chi connectivity index (χ3n) is 3.68. The topological polar surface area (TPSA) is 76.1 Å². The third kappa shape index (κ3) is 3.92. The lowest BCUT2D eigenvalue weighted by molar-refractivity contribution is 0.103. The number of hydrogen-bond donors (Lipinski definition) is 1. The van der Waals surface area contributed by atoms with Gasteiger partial charge >= 0.3 is 0 Å². The van der Waals surface area contributed by atoms with Gasteiger partial charge in [0.2, 0.25) is 0 Å². The Morgan fingerprint density at radius 3 is 2.46 bits per heavy atom. The first-order chi connectivity index (χ1) is 12.4. The fourth-order valence-corrected chi connectivity index (χ4v) is 3.71. The first kappa shape index (κ1) is 18.1. The lowest BCUT2D eigenvalue weighted by Crippen LogP contribution is -2.16. The highest BCUT2D eigenvalue weighted by Crippen LogP contribution is 2.26. The van der Waals surface area contributed by atoms with Gasteiger partial charge < -0.3 is 0 Å². The number of nitrogens with zero attached hydrogens (tertiary/aromatic N) is 1. The van der Waals surface area contributed by atoms with Crippen LogP contribution in [0.4, 0.5) is 5.69 Å². The summed E-state index contributed by atoms with van der Waals surface area (Å²) in [6, 6.07) is 15.6. The first-order valence-corrected chi connectivity index (χ1v) is 9.58. The number of anilines is 1. The number of benzene rings is 2. The Kier molecular flexibility index (Phi) is 5.06. The van der Waals surface area contributed by atoms with Crippen LogP contribution in [0, 0.1) is 6.92 Å². The Labute approximate surface area is 156 Å². The van der Waals surface area contributed by atoms with Gasteiger partial charge in [0.1, 0.15) is 0 Å². The molecule has 3 rings (SSSR count). The minimum atomic E-state index is -3.83. The normalized spacial score (nSPS) is 11.2. The Balaban J connectivity index is 2.03. The van der Waals surface area contributed by atoms with E-state index in [1.807, 2.05) is 0 Å². The average molecular weight is 387 g/mol. The van der Waals surface area contributed by atoms with Crippen LogP contribution in [-0.2, 0) is 10.0 Å². The monoisotopic (exact) mass is 386 g/mol.